The van der Waals surface area contributed by atoms with Crippen LogP contribution >= 0.6 is 34.5 Å². The molecule has 4 nitrogen and oxygen atoms in total. The second-order valence-corrected chi connectivity index (χ2v) is 7.40. The average Bonchev–Trinajstić information content (AvgIpc) is 3.16. The SMILES string of the molecule is O=C1NC[C@H](COc2cc(Cl)cc(Cl)c2)[C@H]1COCc1cc[c-]s1.[Y]. The molecular formula is C17H16Cl2NO3SY-. The van der Waals surface area contributed by atoms with Crippen LogP contribution in [-0.2, 0) is 48.8 Å². The Hall–Kier alpha value is -0.166. The molecule has 25 heavy (non-hydrogen) atoms. The van der Waals surface area contributed by atoms with Gasteiger partial charge in [-0.25, -0.2) is 0 Å². The number of ether oxygens (including phenoxy) is 2. The Morgan fingerprint density at radius 2 is 2.00 bits per heavy atom. The quantitative estimate of drug-likeness (QED) is 0.622. The summed E-state index contributed by atoms with van der Waals surface area (Å²) in [5.74, 6) is 0.430. The van der Waals surface area contributed by atoms with Crippen molar-refractivity contribution in [3.8, 4) is 5.75 Å². The predicted octanol–water partition coefficient (Wildman–Crippen LogP) is 3.81. The van der Waals surface area contributed by atoms with E-state index in [1.54, 1.807) is 18.2 Å². The van der Waals surface area contributed by atoms with Crippen LogP contribution in [0.3, 0.4) is 0 Å². The summed E-state index contributed by atoms with van der Waals surface area (Å²) in [4.78, 5) is 13.1. The van der Waals surface area contributed by atoms with Crippen molar-refractivity contribution in [3.63, 3.8) is 0 Å². The molecule has 1 fully saturated rings. The summed E-state index contributed by atoms with van der Waals surface area (Å²) in [6, 6.07) is 8.88. The van der Waals surface area contributed by atoms with Crippen molar-refractivity contribution in [3.05, 3.63) is 50.6 Å². The first-order chi connectivity index (χ1) is 11.6. The van der Waals surface area contributed by atoms with E-state index < -0.39 is 0 Å². The Kier molecular flexibility index (Phi) is 8.66. The molecule has 0 saturated carbocycles. The number of hydrogen-bond acceptors (Lipinski definition) is 4. The molecule has 131 valence electrons. The van der Waals surface area contributed by atoms with Crippen LogP contribution in [-0.4, -0.2) is 25.7 Å². The number of thiophene rings is 1. The summed E-state index contributed by atoms with van der Waals surface area (Å²) in [5.41, 5.74) is 0. The van der Waals surface area contributed by atoms with Crippen molar-refractivity contribution in [2.75, 3.05) is 19.8 Å². The molecule has 1 aliphatic heterocycles. The van der Waals surface area contributed by atoms with Crippen LogP contribution in [0.1, 0.15) is 4.88 Å². The van der Waals surface area contributed by atoms with Crippen LogP contribution in [0, 0.1) is 17.2 Å². The van der Waals surface area contributed by atoms with E-state index in [0.717, 1.165) is 4.88 Å². The van der Waals surface area contributed by atoms with Gasteiger partial charge in [-0.15, -0.1) is 10.3 Å². The van der Waals surface area contributed by atoms with Gasteiger partial charge in [0.2, 0.25) is 5.91 Å². The first kappa shape index (κ1) is 21.1. The van der Waals surface area contributed by atoms with Crippen molar-refractivity contribution < 1.29 is 47.0 Å². The number of hydrogen-bond donors (Lipinski definition) is 1. The van der Waals surface area contributed by atoms with Crippen molar-refractivity contribution in [1.29, 1.82) is 0 Å². The van der Waals surface area contributed by atoms with Gasteiger partial charge in [0.15, 0.2) is 0 Å². The normalized spacial score (nSPS) is 19.4. The minimum atomic E-state index is -0.219. The van der Waals surface area contributed by atoms with Crippen molar-refractivity contribution in [1.82, 2.24) is 5.32 Å². The molecule has 1 saturated heterocycles. The van der Waals surface area contributed by atoms with Crippen LogP contribution in [0.2, 0.25) is 10.0 Å². The molecule has 2 aromatic rings. The molecule has 1 N–H and O–H groups in total. The molecule has 1 aromatic carbocycles. The molecule has 1 aliphatic rings. The van der Waals surface area contributed by atoms with E-state index in [1.165, 1.54) is 11.3 Å². The summed E-state index contributed by atoms with van der Waals surface area (Å²) >= 11 is 13.4. The zero-order valence-corrected chi connectivity index (χ0v) is 18.5. The van der Waals surface area contributed by atoms with Gasteiger partial charge >= 0.3 is 0 Å². The van der Waals surface area contributed by atoms with Gasteiger partial charge in [-0.3, -0.25) is 16.1 Å². The monoisotopic (exact) mass is 473 g/mol. The summed E-state index contributed by atoms with van der Waals surface area (Å²) in [5, 5.41) is 6.92. The van der Waals surface area contributed by atoms with Crippen LogP contribution in [0.25, 0.3) is 0 Å². The molecule has 1 aromatic heterocycles. The molecule has 1 amide bonds. The number of halogens is 2. The van der Waals surface area contributed by atoms with Crippen LogP contribution in [0.15, 0.2) is 30.3 Å². The Labute approximate surface area is 186 Å². The maximum Gasteiger partial charge on any atom is 0.225 e. The van der Waals surface area contributed by atoms with Gasteiger partial charge in [-0.1, -0.05) is 23.2 Å². The van der Waals surface area contributed by atoms with Gasteiger partial charge < -0.3 is 14.8 Å². The molecule has 0 aliphatic carbocycles. The molecular weight excluding hydrogens is 458 g/mol. The molecule has 2 atom stereocenters. The Bertz CT molecular complexity index is 679. The van der Waals surface area contributed by atoms with Crippen LogP contribution < -0.4 is 10.1 Å². The molecule has 0 spiro atoms. The maximum atomic E-state index is 12.0. The van der Waals surface area contributed by atoms with E-state index >= 15 is 0 Å². The van der Waals surface area contributed by atoms with Crippen molar-refractivity contribution in [2.45, 2.75) is 6.61 Å². The molecule has 8 heteroatoms. The number of amides is 1. The van der Waals surface area contributed by atoms with E-state index in [1.807, 2.05) is 12.1 Å². The third kappa shape index (κ3) is 6.19. The number of carbonyl (C=O) groups is 1. The Balaban J connectivity index is 0.00000225. The van der Waals surface area contributed by atoms with Gasteiger partial charge in [0.1, 0.15) is 5.75 Å². The molecule has 1 radical (unpaired) electrons. The van der Waals surface area contributed by atoms with Crippen molar-refractivity contribution in [2.24, 2.45) is 11.8 Å². The summed E-state index contributed by atoms with van der Waals surface area (Å²) in [6.45, 7) is 1.84. The summed E-state index contributed by atoms with van der Waals surface area (Å²) < 4.78 is 11.4. The maximum absolute atomic E-state index is 12.0. The molecule has 2 heterocycles. The minimum Gasteiger partial charge on any atom is -0.493 e. The second kappa shape index (κ2) is 10.2. The zero-order chi connectivity index (χ0) is 16.9. The van der Waals surface area contributed by atoms with E-state index in [9.17, 15) is 4.79 Å². The fourth-order valence-electron chi connectivity index (χ4n) is 2.56. The standard InChI is InChI=1S/C17H16Cl2NO3S.Y/c18-12-4-13(19)6-14(5-12)23-8-11-7-20-17(21)16(11)10-22-9-15-2-1-3-24-15;/h1-2,4-6,11,16H,7-10H2,(H,20,21);/q-1;/t11-,16-;/m1./s1. The van der Waals surface area contributed by atoms with Gasteiger partial charge in [0, 0.05) is 61.8 Å². The van der Waals surface area contributed by atoms with Gasteiger partial charge in [-0.2, -0.15) is 12.1 Å². The zero-order valence-electron chi connectivity index (χ0n) is 13.3. The largest absolute Gasteiger partial charge is 0.493 e. The number of benzene rings is 1. The summed E-state index contributed by atoms with van der Waals surface area (Å²) in [6.07, 6.45) is 0. The average molecular weight is 474 g/mol. The van der Waals surface area contributed by atoms with E-state index in [-0.39, 0.29) is 50.5 Å². The number of nitrogens with one attached hydrogen (secondary N) is 1. The van der Waals surface area contributed by atoms with Gasteiger partial charge in [0.25, 0.3) is 0 Å². The van der Waals surface area contributed by atoms with E-state index in [0.29, 0.717) is 42.2 Å². The second-order valence-electron chi connectivity index (χ2n) is 5.56. The first-order valence-electron chi connectivity index (χ1n) is 7.51. The first-order valence-corrected chi connectivity index (χ1v) is 9.08. The summed E-state index contributed by atoms with van der Waals surface area (Å²) in [7, 11) is 0. The molecule has 3 rings (SSSR count). The van der Waals surface area contributed by atoms with Crippen LogP contribution in [0.5, 0.6) is 5.75 Å². The fourth-order valence-corrected chi connectivity index (χ4v) is 3.63. The van der Waals surface area contributed by atoms with E-state index in [4.69, 9.17) is 32.7 Å². The predicted molar refractivity (Wildman–Crippen MR) is 94.8 cm³/mol. The Morgan fingerprint density at radius 3 is 2.68 bits per heavy atom. The third-order valence-corrected chi connectivity index (χ3v) is 5.02. The third-order valence-electron chi connectivity index (χ3n) is 3.81. The minimum absolute atomic E-state index is 0. The van der Waals surface area contributed by atoms with E-state index in [2.05, 4.69) is 10.7 Å². The topological polar surface area (TPSA) is 47.6 Å². The Morgan fingerprint density at radius 1 is 1.24 bits per heavy atom. The number of rotatable bonds is 7. The van der Waals surface area contributed by atoms with Gasteiger partial charge in [-0.05, 0) is 18.2 Å². The van der Waals surface area contributed by atoms with Crippen molar-refractivity contribution >= 4 is 40.4 Å². The smallest absolute Gasteiger partial charge is 0.225 e. The fraction of sp³-hybridized carbons (Fsp3) is 0.353. The van der Waals surface area contributed by atoms with Crippen LogP contribution in [0.4, 0.5) is 0 Å². The van der Waals surface area contributed by atoms with Gasteiger partial charge in [0.05, 0.1) is 19.1 Å². The molecule has 0 unspecified atom stereocenters. The number of carbonyl (C=O) groups excluding carboxylic acids is 1. The molecule has 0 bridgehead atoms.